The zero-order valence-electron chi connectivity index (χ0n) is 15.8. The quantitative estimate of drug-likeness (QED) is 0.175. The van der Waals surface area contributed by atoms with E-state index < -0.39 is 36.7 Å². The Balaban J connectivity index is -0.0000000484. The van der Waals surface area contributed by atoms with Crippen molar-refractivity contribution in [2.75, 3.05) is 13.1 Å². The maximum Gasteiger partial charge on any atom is 4.00 e. The molecule has 0 saturated carbocycles. The third kappa shape index (κ3) is 74.9. The van der Waals surface area contributed by atoms with Gasteiger partial charge in [0.2, 0.25) is 0 Å². The Labute approximate surface area is 199 Å². The van der Waals surface area contributed by atoms with Crippen molar-refractivity contribution in [3.05, 3.63) is 23.8 Å². The minimum atomic E-state index is -1.63. The van der Waals surface area contributed by atoms with Crippen molar-refractivity contribution in [1.82, 2.24) is 0 Å². The maximum atomic E-state index is 9.28. The van der Waals surface area contributed by atoms with Gasteiger partial charge < -0.3 is 63.4 Å². The van der Waals surface area contributed by atoms with Gasteiger partial charge >= 0.3 is 42.1 Å². The fourth-order valence-corrected chi connectivity index (χ4v) is 1.37. The Kier molecular flexibility index (Phi) is 60.4. The molecule has 0 atom stereocenters. The average Bonchev–Trinajstić information content (AvgIpc) is 2.45. The zero-order valence-corrected chi connectivity index (χ0v) is 20.4. The number of carbonyl (C=O) groups excluding carboxylic acids is 4. The van der Waals surface area contributed by atoms with Gasteiger partial charge in [-0.3, -0.25) is 0 Å². The summed E-state index contributed by atoms with van der Waals surface area (Å²) in [4.78, 5) is 37.1. The van der Waals surface area contributed by atoms with Crippen LogP contribution < -0.4 is 20.4 Å². The van der Waals surface area contributed by atoms with E-state index in [9.17, 15) is 39.6 Å². The van der Waals surface area contributed by atoms with Crippen molar-refractivity contribution in [2.24, 2.45) is 0 Å². The summed E-state index contributed by atoms with van der Waals surface area (Å²) in [5, 5.41) is 37.1. The average molecular weight is 783 g/mol. The third-order valence-electron chi connectivity index (χ3n) is 2.43. The molecule has 0 unspecified atom stereocenters. The molecule has 0 fully saturated rings. The molecule has 0 spiro atoms. The predicted molar refractivity (Wildman–Crippen MR) is 90.5 cm³/mol. The number of unbranched alkanes of at least 4 members (excludes halogenated alkanes) is 6. The molecular formula is C15H28N4O8Pt2. The number of nitrogens with two attached hydrogens (primary N) is 2. The second kappa shape index (κ2) is 37.8. The molecular weight excluding hydrogens is 754 g/mol. The van der Waals surface area contributed by atoms with E-state index in [1.54, 1.807) is 0 Å². The summed E-state index contributed by atoms with van der Waals surface area (Å²) in [5.74, 6) is -6.50. The summed E-state index contributed by atoms with van der Waals surface area (Å²) in [6.07, 6.45) is 6.42. The molecule has 0 aromatic carbocycles. The molecule has 6 N–H and O–H groups in total. The van der Waals surface area contributed by atoms with Gasteiger partial charge in [-0.25, -0.2) is 0 Å². The van der Waals surface area contributed by atoms with Gasteiger partial charge in [-0.2, -0.15) is 13.1 Å². The zero-order chi connectivity index (χ0) is 20.1. The molecule has 0 rings (SSSR count). The van der Waals surface area contributed by atoms with Gasteiger partial charge in [0.25, 0.3) is 0 Å². The minimum absolute atomic E-state index is 0. The number of rotatable bonds is 12. The number of carboxylic acid groups (broad SMARTS) is 4. The van der Waals surface area contributed by atoms with Crippen molar-refractivity contribution in [2.45, 2.75) is 57.8 Å². The van der Waals surface area contributed by atoms with Gasteiger partial charge in [0.1, 0.15) is 0 Å². The summed E-state index contributed by atoms with van der Waals surface area (Å²) in [6.45, 7) is 1.18. The molecule has 0 aromatic heterocycles. The van der Waals surface area contributed by atoms with Crippen molar-refractivity contribution >= 4 is 23.9 Å². The normalized spacial score (nSPS) is 7.79. The van der Waals surface area contributed by atoms with Crippen LogP contribution in [0.2, 0.25) is 0 Å². The van der Waals surface area contributed by atoms with Crippen molar-refractivity contribution in [3.8, 4) is 0 Å². The molecule has 0 aliphatic heterocycles. The molecule has 12 nitrogen and oxygen atoms in total. The summed E-state index contributed by atoms with van der Waals surface area (Å²) in [6, 6.07) is 0. The Morgan fingerprint density at radius 3 is 0.759 bits per heavy atom. The second-order valence-electron chi connectivity index (χ2n) is 4.82. The topological polar surface area (TPSA) is 275 Å². The number of carboxylic acids is 4. The first-order valence-electron chi connectivity index (χ1n) is 7.75. The van der Waals surface area contributed by atoms with Crippen LogP contribution in [0.15, 0.2) is 0 Å². The van der Waals surface area contributed by atoms with Gasteiger partial charge in [0.05, 0.1) is 0 Å². The third-order valence-corrected chi connectivity index (χ3v) is 2.43. The van der Waals surface area contributed by atoms with E-state index in [0.717, 1.165) is 12.8 Å². The second-order valence-corrected chi connectivity index (χ2v) is 4.82. The standard InChI is InChI=1S/C9H20N2.2C3H4O4.2H2N.2Pt/c10-8-6-4-2-1-3-5-7-9-11;2*4-2(5)1-3(6)7;;;;/h10-11H,1-9H2;2*1H2,(H,4,5)(H,6,7);2*1H2;;/q-2;;;2*-1;2*+4/p-4. The molecule has 29 heavy (non-hydrogen) atoms. The molecule has 14 heteroatoms. The van der Waals surface area contributed by atoms with Crippen molar-refractivity contribution in [1.29, 1.82) is 0 Å². The van der Waals surface area contributed by atoms with Crippen LogP contribution in [-0.2, 0) is 61.3 Å². The van der Waals surface area contributed by atoms with Gasteiger partial charge in [-0.05, 0) is 0 Å². The molecule has 0 aliphatic rings. The van der Waals surface area contributed by atoms with Gasteiger partial charge in [0.15, 0.2) is 0 Å². The fraction of sp³-hybridized carbons (Fsp3) is 0.733. The molecule has 0 bridgehead atoms. The number of aliphatic carboxylic acids is 4. The molecule has 0 radical (unpaired) electrons. The predicted octanol–water partition coefficient (Wildman–Crippen LogP) is -0.997. The number of hydrogen-bond donors (Lipinski definition) is 0. The van der Waals surface area contributed by atoms with Crippen LogP contribution in [0, 0.1) is 0 Å². The Morgan fingerprint density at radius 1 is 0.483 bits per heavy atom. The Morgan fingerprint density at radius 2 is 0.655 bits per heavy atom. The largest absolute Gasteiger partial charge is 4.00 e. The fourth-order valence-electron chi connectivity index (χ4n) is 1.37. The monoisotopic (exact) mass is 782 g/mol. The number of carbonyl (C=O) groups is 4. The van der Waals surface area contributed by atoms with Crippen LogP contribution in [0.5, 0.6) is 0 Å². The molecule has 0 amide bonds. The first-order chi connectivity index (χ1) is 11.7. The summed E-state index contributed by atoms with van der Waals surface area (Å²) >= 11 is 0. The first-order valence-corrected chi connectivity index (χ1v) is 7.75. The molecule has 0 aromatic rings. The SMILES string of the molecule is O=C([O-])CC(=O)[O-].O=C([O-])CC(=O)[O-].[NH-]CCCCCCCCC[NH-].[NH2-].[NH2-].[Pt+4].[Pt+4]. The van der Waals surface area contributed by atoms with E-state index in [4.69, 9.17) is 11.5 Å². The van der Waals surface area contributed by atoms with Crippen LogP contribution >= 0.6 is 0 Å². The molecule has 176 valence electrons. The van der Waals surface area contributed by atoms with E-state index in [0.29, 0.717) is 13.1 Å². The Hall–Kier alpha value is -0.903. The first kappa shape index (κ1) is 46.4. The summed E-state index contributed by atoms with van der Waals surface area (Å²) in [5.41, 5.74) is 13.8. The number of hydrogen-bond acceptors (Lipinski definition) is 8. The van der Waals surface area contributed by atoms with Crippen LogP contribution in [0.4, 0.5) is 0 Å². The summed E-state index contributed by atoms with van der Waals surface area (Å²) < 4.78 is 0. The van der Waals surface area contributed by atoms with Crippen LogP contribution in [0.25, 0.3) is 23.8 Å². The van der Waals surface area contributed by atoms with Crippen molar-refractivity contribution in [3.63, 3.8) is 0 Å². The summed E-state index contributed by atoms with van der Waals surface area (Å²) in [7, 11) is 0. The maximum absolute atomic E-state index is 9.28. The van der Waals surface area contributed by atoms with Crippen LogP contribution in [-0.4, -0.2) is 37.0 Å². The molecule has 0 saturated heterocycles. The smallest absolute Gasteiger partial charge is 0.693 e. The van der Waals surface area contributed by atoms with E-state index >= 15 is 0 Å². The van der Waals surface area contributed by atoms with E-state index in [-0.39, 0.29) is 54.4 Å². The van der Waals surface area contributed by atoms with Gasteiger partial charge in [-0.1, -0.05) is 44.9 Å². The van der Waals surface area contributed by atoms with Gasteiger partial charge in [0, 0.05) is 36.7 Å². The van der Waals surface area contributed by atoms with Crippen LogP contribution in [0.3, 0.4) is 0 Å². The van der Waals surface area contributed by atoms with E-state index in [2.05, 4.69) is 0 Å². The van der Waals surface area contributed by atoms with Crippen molar-refractivity contribution < 1.29 is 81.7 Å². The Bertz CT molecular complexity index is 333. The van der Waals surface area contributed by atoms with E-state index in [1.165, 1.54) is 32.1 Å². The van der Waals surface area contributed by atoms with Gasteiger partial charge in [-0.15, -0.1) is 0 Å². The number of nitrogens with one attached hydrogen (secondary N) is 2. The van der Waals surface area contributed by atoms with Crippen LogP contribution in [0.1, 0.15) is 57.8 Å². The van der Waals surface area contributed by atoms with E-state index in [1.807, 2.05) is 0 Å². The minimum Gasteiger partial charge on any atom is -0.693 e. The molecule has 0 heterocycles. The molecule has 0 aliphatic carbocycles.